The number of fused-ring (bicyclic) bond motifs is 1. The predicted octanol–water partition coefficient (Wildman–Crippen LogP) is 3.25. The Morgan fingerprint density at radius 3 is 2.94 bits per heavy atom. The third kappa shape index (κ3) is 2.42. The zero-order chi connectivity index (χ0) is 12.4. The first-order valence-corrected chi connectivity index (χ1v) is 8.20. The summed E-state index contributed by atoms with van der Waals surface area (Å²) in [7, 11) is 0. The van der Waals surface area contributed by atoms with Crippen molar-refractivity contribution in [3.8, 4) is 5.75 Å². The van der Waals surface area contributed by atoms with Gasteiger partial charge in [0, 0.05) is 24.6 Å². The van der Waals surface area contributed by atoms with Crippen LogP contribution in [0.25, 0.3) is 10.2 Å². The predicted molar refractivity (Wildman–Crippen MR) is 80.3 cm³/mol. The van der Waals surface area contributed by atoms with Gasteiger partial charge in [0.15, 0.2) is 5.13 Å². The van der Waals surface area contributed by atoms with Gasteiger partial charge in [0.25, 0.3) is 0 Å². The van der Waals surface area contributed by atoms with Crippen LogP contribution in [-0.2, 0) is 0 Å². The molecule has 0 radical (unpaired) electrons. The number of anilines is 1. The van der Waals surface area contributed by atoms with Gasteiger partial charge in [0.1, 0.15) is 5.75 Å². The second-order valence-electron chi connectivity index (χ2n) is 4.16. The minimum Gasteiger partial charge on any atom is -0.494 e. The summed E-state index contributed by atoms with van der Waals surface area (Å²) in [5, 5.41) is 1.15. The zero-order valence-corrected chi connectivity index (χ0v) is 12.0. The van der Waals surface area contributed by atoms with Crippen LogP contribution in [0.1, 0.15) is 6.92 Å². The number of nitrogens with zero attached hydrogens (tertiary/aromatic N) is 2. The summed E-state index contributed by atoms with van der Waals surface area (Å²) >= 11 is 3.79. The molecule has 0 unspecified atom stereocenters. The van der Waals surface area contributed by atoms with E-state index in [0.717, 1.165) is 29.5 Å². The molecule has 3 nitrogen and oxygen atoms in total. The largest absolute Gasteiger partial charge is 0.494 e. The van der Waals surface area contributed by atoms with E-state index in [1.807, 2.05) is 24.8 Å². The maximum Gasteiger partial charge on any atom is 0.186 e. The summed E-state index contributed by atoms with van der Waals surface area (Å²) < 4.78 is 6.75. The zero-order valence-electron chi connectivity index (χ0n) is 10.4. The normalized spacial score (nSPS) is 16.2. The average Bonchev–Trinajstić information content (AvgIpc) is 2.83. The molecule has 0 atom stereocenters. The van der Waals surface area contributed by atoms with Crippen LogP contribution in [0.3, 0.4) is 0 Å². The number of hydrogen-bond donors (Lipinski definition) is 0. The molecule has 96 valence electrons. The molecule has 1 aliphatic rings. The molecule has 0 bridgehead atoms. The van der Waals surface area contributed by atoms with E-state index in [1.165, 1.54) is 16.2 Å². The van der Waals surface area contributed by atoms with Crippen LogP contribution in [0.2, 0.25) is 0 Å². The van der Waals surface area contributed by atoms with Crippen molar-refractivity contribution >= 4 is 38.4 Å². The van der Waals surface area contributed by atoms with Crippen molar-refractivity contribution in [1.82, 2.24) is 4.98 Å². The summed E-state index contributed by atoms with van der Waals surface area (Å²) in [6, 6.07) is 6.15. The lowest BCUT2D eigenvalue weighted by Gasteiger charge is -2.25. The summed E-state index contributed by atoms with van der Waals surface area (Å²) in [5.41, 5.74) is 1.08. The van der Waals surface area contributed by atoms with Crippen LogP contribution in [0.15, 0.2) is 18.2 Å². The summed E-state index contributed by atoms with van der Waals surface area (Å²) in [6.45, 7) is 4.94. The van der Waals surface area contributed by atoms with Gasteiger partial charge in [0.05, 0.1) is 16.8 Å². The maximum absolute atomic E-state index is 5.53. The Labute approximate surface area is 115 Å². The molecule has 1 aromatic heterocycles. The fourth-order valence-corrected chi connectivity index (χ4v) is 3.99. The highest BCUT2D eigenvalue weighted by molar-refractivity contribution is 7.99. The molecule has 0 N–H and O–H groups in total. The Morgan fingerprint density at radius 2 is 2.17 bits per heavy atom. The third-order valence-electron chi connectivity index (χ3n) is 2.94. The van der Waals surface area contributed by atoms with Crippen molar-refractivity contribution in [2.24, 2.45) is 0 Å². The second-order valence-corrected chi connectivity index (χ2v) is 6.39. The average molecular weight is 280 g/mol. The standard InChI is InChI=1S/C13H16N2OS2/c1-2-16-10-3-4-11-12(9-10)18-13(14-11)15-5-7-17-8-6-15/h3-4,9H,2,5-8H2,1H3. The Balaban J connectivity index is 1.89. The summed E-state index contributed by atoms with van der Waals surface area (Å²) in [4.78, 5) is 7.11. The minimum atomic E-state index is 0.709. The first kappa shape index (κ1) is 12.1. The summed E-state index contributed by atoms with van der Waals surface area (Å²) in [6.07, 6.45) is 0. The Hall–Kier alpha value is -0.940. The van der Waals surface area contributed by atoms with Crippen LogP contribution in [0.5, 0.6) is 5.75 Å². The van der Waals surface area contributed by atoms with E-state index >= 15 is 0 Å². The SMILES string of the molecule is CCOc1ccc2nc(N3CCSCC3)sc2c1. The van der Waals surface area contributed by atoms with E-state index in [2.05, 4.69) is 17.0 Å². The molecule has 2 heterocycles. The van der Waals surface area contributed by atoms with Crippen molar-refractivity contribution in [3.05, 3.63) is 18.2 Å². The molecule has 2 aromatic rings. The van der Waals surface area contributed by atoms with E-state index < -0.39 is 0 Å². The Kier molecular flexibility index (Phi) is 3.61. The highest BCUT2D eigenvalue weighted by atomic mass is 32.2. The van der Waals surface area contributed by atoms with Gasteiger partial charge in [-0.05, 0) is 25.1 Å². The molecule has 5 heteroatoms. The first-order valence-electron chi connectivity index (χ1n) is 6.23. The van der Waals surface area contributed by atoms with Crippen molar-refractivity contribution in [2.45, 2.75) is 6.92 Å². The monoisotopic (exact) mass is 280 g/mol. The fraction of sp³-hybridized carbons (Fsp3) is 0.462. The van der Waals surface area contributed by atoms with Crippen LogP contribution in [0.4, 0.5) is 5.13 Å². The Bertz CT molecular complexity index is 535. The molecular weight excluding hydrogens is 264 g/mol. The van der Waals surface area contributed by atoms with Gasteiger partial charge in [0.2, 0.25) is 0 Å². The van der Waals surface area contributed by atoms with Crippen molar-refractivity contribution in [2.75, 3.05) is 36.1 Å². The molecule has 0 aliphatic carbocycles. The number of ether oxygens (including phenoxy) is 1. The number of benzene rings is 1. The van der Waals surface area contributed by atoms with Crippen LogP contribution in [-0.4, -0.2) is 36.2 Å². The van der Waals surface area contributed by atoms with Gasteiger partial charge in [-0.15, -0.1) is 0 Å². The van der Waals surface area contributed by atoms with Crippen LogP contribution in [0, 0.1) is 0 Å². The molecule has 0 spiro atoms. The number of thiazole rings is 1. The van der Waals surface area contributed by atoms with Gasteiger partial charge < -0.3 is 9.64 Å². The number of rotatable bonds is 3. The molecule has 0 saturated carbocycles. The van der Waals surface area contributed by atoms with Gasteiger partial charge >= 0.3 is 0 Å². The van der Waals surface area contributed by atoms with Gasteiger partial charge in [-0.25, -0.2) is 4.98 Å². The van der Waals surface area contributed by atoms with E-state index in [4.69, 9.17) is 9.72 Å². The van der Waals surface area contributed by atoms with Gasteiger partial charge in [-0.2, -0.15) is 11.8 Å². The second kappa shape index (κ2) is 5.36. The molecule has 18 heavy (non-hydrogen) atoms. The lowest BCUT2D eigenvalue weighted by Crippen LogP contribution is -2.32. The highest BCUT2D eigenvalue weighted by Crippen LogP contribution is 2.32. The lowest BCUT2D eigenvalue weighted by molar-refractivity contribution is 0.341. The molecule has 1 aliphatic heterocycles. The van der Waals surface area contributed by atoms with E-state index in [0.29, 0.717) is 6.61 Å². The smallest absolute Gasteiger partial charge is 0.186 e. The lowest BCUT2D eigenvalue weighted by atomic mass is 10.3. The fourth-order valence-electron chi connectivity index (χ4n) is 2.04. The summed E-state index contributed by atoms with van der Waals surface area (Å²) in [5.74, 6) is 3.36. The maximum atomic E-state index is 5.53. The molecule has 1 aromatic carbocycles. The van der Waals surface area contributed by atoms with Crippen LogP contribution >= 0.6 is 23.1 Å². The number of aromatic nitrogens is 1. The topological polar surface area (TPSA) is 25.4 Å². The van der Waals surface area contributed by atoms with Gasteiger partial charge in [-0.3, -0.25) is 0 Å². The Morgan fingerprint density at radius 1 is 1.33 bits per heavy atom. The van der Waals surface area contributed by atoms with Gasteiger partial charge in [-0.1, -0.05) is 11.3 Å². The third-order valence-corrected chi connectivity index (χ3v) is 4.96. The molecule has 3 rings (SSSR count). The van der Waals surface area contributed by atoms with E-state index in [1.54, 1.807) is 11.3 Å². The highest BCUT2D eigenvalue weighted by Gasteiger charge is 2.15. The van der Waals surface area contributed by atoms with E-state index in [9.17, 15) is 0 Å². The molecular formula is C13H16N2OS2. The van der Waals surface area contributed by atoms with Crippen molar-refractivity contribution in [3.63, 3.8) is 0 Å². The van der Waals surface area contributed by atoms with E-state index in [-0.39, 0.29) is 0 Å². The molecule has 0 amide bonds. The first-order chi connectivity index (χ1) is 8.86. The van der Waals surface area contributed by atoms with Crippen molar-refractivity contribution < 1.29 is 4.74 Å². The number of thioether (sulfide) groups is 1. The molecule has 1 fully saturated rings. The van der Waals surface area contributed by atoms with Crippen molar-refractivity contribution in [1.29, 1.82) is 0 Å². The minimum absolute atomic E-state index is 0.709. The quantitative estimate of drug-likeness (QED) is 0.862. The molecule has 1 saturated heterocycles. The van der Waals surface area contributed by atoms with Crippen LogP contribution < -0.4 is 9.64 Å². The number of hydrogen-bond acceptors (Lipinski definition) is 5.